The molecule has 0 aliphatic rings. The van der Waals surface area contributed by atoms with Crippen LogP contribution in [0.15, 0.2) is 219 Å². The molecule has 0 spiro atoms. The van der Waals surface area contributed by atoms with Crippen molar-refractivity contribution in [2.24, 2.45) is 0 Å². The molecule has 0 amide bonds. The number of nitrogens with zero attached hydrogens (tertiary/aromatic N) is 10. The molecule has 15 aromatic rings. The molecule has 0 fully saturated rings. The molecule has 0 aliphatic heterocycles. The van der Waals surface area contributed by atoms with Crippen molar-refractivity contribution in [2.45, 2.75) is 13.0 Å². The van der Waals surface area contributed by atoms with Gasteiger partial charge in [0.15, 0.2) is 11.6 Å². The molecule has 0 radical (unpaired) electrons. The van der Waals surface area contributed by atoms with Crippen LogP contribution in [0.25, 0.3) is 128 Å². The van der Waals surface area contributed by atoms with Crippen LogP contribution < -0.4 is 0 Å². The van der Waals surface area contributed by atoms with Crippen LogP contribution in [0, 0.1) is 0 Å². The lowest BCUT2D eigenvalue weighted by atomic mass is 9.99. The number of fused-ring (bicyclic) bond motifs is 12. The molecule has 0 bridgehead atoms. The maximum absolute atomic E-state index is 5.61. The third kappa shape index (κ3) is 5.96. The minimum Gasteiger partial charge on any atom is -0.339 e. The predicted octanol–water partition coefficient (Wildman–Crippen LogP) is 14.0. The van der Waals surface area contributed by atoms with Crippen LogP contribution in [0.2, 0.25) is 0 Å². The van der Waals surface area contributed by atoms with Gasteiger partial charge >= 0.3 is 0 Å². The summed E-state index contributed by atoms with van der Waals surface area (Å²) in [4.78, 5) is 31.5. The van der Waals surface area contributed by atoms with Crippen molar-refractivity contribution >= 4 is 87.6 Å². The van der Waals surface area contributed by atoms with Crippen molar-refractivity contribution in [2.75, 3.05) is 0 Å². The van der Waals surface area contributed by atoms with Gasteiger partial charge in [0.25, 0.3) is 0 Å². The number of aromatic nitrogens is 10. The van der Waals surface area contributed by atoms with Crippen LogP contribution >= 0.6 is 0 Å². The molecule has 0 N–H and O–H groups in total. The van der Waals surface area contributed by atoms with Gasteiger partial charge in [-0.25, -0.2) is 4.98 Å². The fraction of sp³-hybridized carbons (Fsp3) is 0.0323. The van der Waals surface area contributed by atoms with E-state index in [1.165, 1.54) is 0 Å². The average Bonchev–Trinajstić information content (AvgIpc) is 4.17. The van der Waals surface area contributed by atoms with Gasteiger partial charge in [0, 0.05) is 68.8 Å². The lowest BCUT2D eigenvalue weighted by molar-refractivity contribution is 0.739. The predicted molar refractivity (Wildman–Crippen MR) is 290 cm³/mol. The molecule has 72 heavy (non-hydrogen) atoms. The summed E-state index contributed by atoms with van der Waals surface area (Å²) < 4.78 is 9.41. The largest absolute Gasteiger partial charge is 0.339 e. The third-order valence-electron chi connectivity index (χ3n) is 14.4. The molecule has 0 aliphatic carbocycles. The molecular formula is C62H40N10. The Morgan fingerprint density at radius 2 is 0.792 bits per heavy atom. The van der Waals surface area contributed by atoms with Crippen molar-refractivity contribution in [1.29, 1.82) is 0 Å². The molecule has 0 saturated carbocycles. The van der Waals surface area contributed by atoms with Crippen LogP contribution in [-0.2, 0) is 13.0 Å². The lowest BCUT2D eigenvalue weighted by Gasteiger charge is -2.23. The summed E-state index contributed by atoms with van der Waals surface area (Å²) >= 11 is 0. The van der Waals surface area contributed by atoms with Gasteiger partial charge in [-0.05, 0) is 85.3 Å². The maximum Gasteiger partial charge on any atom is 0.238 e. The van der Waals surface area contributed by atoms with Crippen LogP contribution in [0.5, 0.6) is 0 Å². The number of hydrogen-bond acceptors (Lipinski definition) is 6. The first-order valence-electron chi connectivity index (χ1n) is 24.2. The van der Waals surface area contributed by atoms with Crippen LogP contribution in [0.3, 0.4) is 0 Å². The Hall–Kier alpha value is -9.80. The summed E-state index contributed by atoms with van der Waals surface area (Å²) in [6, 6.07) is 70.1. The number of aryl methyl sites for hydroxylation is 1. The number of para-hydroxylation sites is 5. The van der Waals surface area contributed by atoms with E-state index in [1.807, 2.05) is 55.0 Å². The molecular weight excluding hydrogens is 885 g/mol. The second-order valence-electron chi connectivity index (χ2n) is 18.2. The second-order valence-corrected chi connectivity index (χ2v) is 18.2. The SMILES string of the molecule is c1ccc(-c2nc(-c3ccc(-n4c5ccccc5c5ncccc54)c(CCn4c5ccccc5c5ncccc54)c3-n3c4ccccc4c4ncccc43)nc(-n3c4ccccc4c4ccccc43)n2)cc1. The summed E-state index contributed by atoms with van der Waals surface area (Å²) in [5, 5.41) is 5.52. The van der Waals surface area contributed by atoms with Crippen molar-refractivity contribution < 1.29 is 0 Å². The first-order valence-corrected chi connectivity index (χ1v) is 24.2. The maximum atomic E-state index is 5.61. The molecule has 0 saturated heterocycles. The van der Waals surface area contributed by atoms with E-state index in [-0.39, 0.29) is 0 Å². The first-order chi connectivity index (χ1) is 35.8. The smallest absolute Gasteiger partial charge is 0.238 e. The van der Waals surface area contributed by atoms with E-state index in [1.54, 1.807) is 0 Å². The van der Waals surface area contributed by atoms with Gasteiger partial charge in [-0.1, -0.05) is 121 Å². The highest BCUT2D eigenvalue weighted by molar-refractivity contribution is 6.11. The van der Waals surface area contributed by atoms with Gasteiger partial charge in [0.2, 0.25) is 5.95 Å². The Bertz CT molecular complexity index is 4440. The molecule has 0 atom stereocenters. The van der Waals surface area contributed by atoms with E-state index in [0.717, 1.165) is 116 Å². The van der Waals surface area contributed by atoms with E-state index >= 15 is 0 Å². The number of benzene rings is 7. The molecule has 8 aromatic heterocycles. The zero-order chi connectivity index (χ0) is 47.3. The Labute approximate surface area is 411 Å². The summed E-state index contributed by atoms with van der Waals surface area (Å²) in [5.41, 5.74) is 16.0. The monoisotopic (exact) mass is 924 g/mol. The normalized spacial score (nSPS) is 12.0. The summed E-state index contributed by atoms with van der Waals surface area (Å²) in [6.07, 6.45) is 6.27. The van der Waals surface area contributed by atoms with Crippen molar-refractivity contribution in [3.63, 3.8) is 0 Å². The van der Waals surface area contributed by atoms with E-state index < -0.39 is 0 Å². The van der Waals surface area contributed by atoms with E-state index in [0.29, 0.717) is 30.6 Å². The first kappa shape index (κ1) is 40.1. The Morgan fingerprint density at radius 1 is 0.333 bits per heavy atom. The standard InChI is InChI=1S/C62H40N10/c1-2-17-39(18-3-1)60-66-61(68-62(67-60)72-48-25-10-4-19-40(48)41-20-5-11-26-49(41)72)46-32-33-52(70-50-27-12-7-22-43(50)57-54(70)30-15-36-64-57)45(34-38-69-47-24-9-6-21-42(47)56-53(69)29-14-35-63-56)59(46)71-51-28-13-8-23-44(51)58-55(71)31-16-37-65-58/h1-33,35-37H,34,38H2. The topological polar surface area (TPSA) is 97.1 Å². The minimum atomic E-state index is 0.531. The van der Waals surface area contributed by atoms with Gasteiger partial charge < -0.3 is 13.7 Å². The third-order valence-corrected chi connectivity index (χ3v) is 14.4. The number of hydrogen-bond donors (Lipinski definition) is 0. The zero-order valence-electron chi connectivity index (χ0n) is 38.7. The highest BCUT2D eigenvalue weighted by Gasteiger charge is 2.27. The van der Waals surface area contributed by atoms with Gasteiger partial charge in [-0.15, -0.1) is 0 Å². The Balaban J connectivity index is 1.10. The fourth-order valence-corrected chi connectivity index (χ4v) is 11.3. The summed E-state index contributed by atoms with van der Waals surface area (Å²) in [5.74, 6) is 1.65. The highest BCUT2D eigenvalue weighted by atomic mass is 15.2. The van der Waals surface area contributed by atoms with E-state index in [9.17, 15) is 0 Å². The lowest BCUT2D eigenvalue weighted by Crippen LogP contribution is -2.13. The number of pyridine rings is 3. The van der Waals surface area contributed by atoms with Crippen molar-refractivity contribution in [3.8, 4) is 40.1 Å². The van der Waals surface area contributed by atoms with E-state index in [4.69, 9.17) is 29.9 Å². The molecule has 10 heteroatoms. The quantitative estimate of drug-likeness (QED) is 0.151. The number of rotatable bonds is 8. The van der Waals surface area contributed by atoms with Gasteiger partial charge in [0.05, 0.1) is 72.1 Å². The van der Waals surface area contributed by atoms with E-state index in [2.05, 4.69) is 182 Å². The average molecular weight is 925 g/mol. The molecule has 15 rings (SSSR count). The molecule has 10 nitrogen and oxygen atoms in total. The van der Waals surface area contributed by atoms with Crippen molar-refractivity contribution in [3.05, 3.63) is 224 Å². The highest BCUT2D eigenvalue weighted by Crippen LogP contribution is 2.43. The molecule has 0 unspecified atom stereocenters. The minimum absolute atomic E-state index is 0.531. The van der Waals surface area contributed by atoms with Gasteiger partial charge in [-0.3, -0.25) is 19.5 Å². The zero-order valence-corrected chi connectivity index (χ0v) is 38.7. The van der Waals surface area contributed by atoms with Gasteiger partial charge in [0.1, 0.15) is 0 Å². The molecule has 8 heterocycles. The van der Waals surface area contributed by atoms with Crippen LogP contribution in [-0.4, -0.2) is 48.2 Å². The Kier molecular flexibility index (Phi) is 8.85. The van der Waals surface area contributed by atoms with Gasteiger partial charge in [-0.2, -0.15) is 9.97 Å². The second kappa shape index (κ2) is 15.9. The molecule has 7 aromatic carbocycles. The Morgan fingerprint density at radius 3 is 1.42 bits per heavy atom. The molecule has 338 valence electrons. The van der Waals surface area contributed by atoms with Crippen LogP contribution in [0.4, 0.5) is 0 Å². The summed E-state index contributed by atoms with van der Waals surface area (Å²) in [6.45, 7) is 0.642. The fourth-order valence-electron chi connectivity index (χ4n) is 11.3. The van der Waals surface area contributed by atoms with Crippen LogP contribution in [0.1, 0.15) is 5.56 Å². The summed E-state index contributed by atoms with van der Waals surface area (Å²) in [7, 11) is 0. The van der Waals surface area contributed by atoms with Crippen molar-refractivity contribution in [1.82, 2.24) is 48.2 Å².